The zero-order valence-corrected chi connectivity index (χ0v) is 16.0. The molecule has 0 saturated heterocycles. The van der Waals surface area contributed by atoms with Gasteiger partial charge in [-0.05, 0) is 29.8 Å². The van der Waals surface area contributed by atoms with Crippen molar-refractivity contribution in [2.45, 2.75) is 4.90 Å². The summed E-state index contributed by atoms with van der Waals surface area (Å²) in [7, 11) is -4.02. The van der Waals surface area contributed by atoms with Gasteiger partial charge in [-0.3, -0.25) is 10.1 Å². The van der Waals surface area contributed by atoms with Gasteiger partial charge in [0.1, 0.15) is 0 Å². The highest BCUT2D eigenvalue weighted by Crippen LogP contribution is 2.38. The third-order valence-corrected chi connectivity index (χ3v) is 6.45. The molecule has 0 amide bonds. The molecule has 0 aliphatic heterocycles. The number of benzene rings is 3. The highest BCUT2D eigenvalue weighted by atomic mass is 32.2. The molecule has 0 radical (unpaired) electrons. The lowest BCUT2D eigenvalue weighted by molar-refractivity contribution is -0.384. The van der Waals surface area contributed by atoms with E-state index in [1.54, 1.807) is 12.1 Å². The van der Waals surface area contributed by atoms with E-state index in [0.717, 1.165) is 16.5 Å². The minimum atomic E-state index is -4.02. The number of hydrogen-bond acceptors (Lipinski definition) is 4. The molecule has 0 N–H and O–H groups in total. The quantitative estimate of drug-likeness (QED) is 0.342. The predicted molar refractivity (Wildman–Crippen MR) is 113 cm³/mol. The maximum Gasteiger partial charge on any atom is 0.269 e. The van der Waals surface area contributed by atoms with Gasteiger partial charge in [-0.2, -0.15) is 0 Å². The molecule has 0 atom stereocenters. The number of aromatic nitrogens is 1. The molecule has 0 aliphatic rings. The second kappa shape index (κ2) is 7.03. The topological polar surface area (TPSA) is 82.2 Å². The van der Waals surface area contributed by atoms with E-state index in [1.807, 2.05) is 42.5 Å². The Morgan fingerprint density at radius 3 is 2.14 bits per heavy atom. The Kier molecular flexibility index (Phi) is 4.52. The molecule has 4 rings (SSSR count). The fraction of sp³-hybridized carbons (Fsp3) is 0. The fourth-order valence-electron chi connectivity index (χ4n) is 3.43. The first-order chi connectivity index (χ1) is 13.9. The van der Waals surface area contributed by atoms with Crippen molar-refractivity contribution >= 4 is 32.7 Å². The van der Waals surface area contributed by atoms with Gasteiger partial charge in [-0.1, -0.05) is 55.1 Å². The molecule has 0 unspecified atom stereocenters. The van der Waals surface area contributed by atoms with E-state index in [-0.39, 0.29) is 10.6 Å². The molecule has 0 saturated carbocycles. The molecule has 7 heteroatoms. The van der Waals surface area contributed by atoms with Crippen molar-refractivity contribution in [2.75, 3.05) is 0 Å². The molecule has 144 valence electrons. The van der Waals surface area contributed by atoms with Crippen LogP contribution in [0.5, 0.6) is 0 Å². The Morgan fingerprint density at radius 1 is 0.897 bits per heavy atom. The zero-order chi connectivity index (χ0) is 20.6. The largest absolute Gasteiger partial charge is 0.269 e. The lowest BCUT2D eigenvalue weighted by Gasteiger charge is -2.11. The van der Waals surface area contributed by atoms with E-state index in [1.165, 1.54) is 34.3 Å². The standard InChI is InChI=1S/C22H16N2O4S/c1-2-20-22(16-8-4-3-5-9-16)19-10-6-7-11-21(19)23(20)29(27,28)18-14-12-17(13-15-18)24(25)26/h2-15H,1H2. The van der Waals surface area contributed by atoms with Gasteiger partial charge in [0, 0.05) is 23.1 Å². The first-order valence-electron chi connectivity index (χ1n) is 8.76. The smallest absolute Gasteiger partial charge is 0.258 e. The molecule has 0 spiro atoms. The SMILES string of the molecule is C=Cc1c(-c2ccccc2)c2ccccc2n1S(=O)(=O)c1ccc([N+](=O)[O-])cc1. The van der Waals surface area contributed by atoms with Gasteiger partial charge in [0.05, 0.1) is 21.0 Å². The lowest BCUT2D eigenvalue weighted by Crippen LogP contribution is -2.14. The molecule has 3 aromatic carbocycles. The van der Waals surface area contributed by atoms with Crippen molar-refractivity contribution in [2.24, 2.45) is 0 Å². The van der Waals surface area contributed by atoms with E-state index < -0.39 is 14.9 Å². The van der Waals surface area contributed by atoms with Crippen LogP contribution in [-0.4, -0.2) is 17.3 Å². The molecule has 0 aliphatic carbocycles. The van der Waals surface area contributed by atoms with E-state index >= 15 is 0 Å². The zero-order valence-electron chi connectivity index (χ0n) is 15.2. The molecule has 0 fully saturated rings. The van der Waals surface area contributed by atoms with E-state index in [4.69, 9.17) is 0 Å². The average Bonchev–Trinajstić information content (AvgIpc) is 3.09. The second-order valence-corrected chi connectivity index (χ2v) is 8.15. The van der Waals surface area contributed by atoms with Crippen LogP contribution >= 0.6 is 0 Å². The molecule has 0 bridgehead atoms. The summed E-state index contributed by atoms with van der Waals surface area (Å²) in [4.78, 5) is 10.3. The van der Waals surface area contributed by atoms with Crippen molar-refractivity contribution in [1.82, 2.24) is 3.97 Å². The number of rotatable bonds is 5. The number of hydrogen-bond donors (Lipinski definition) is 0. The minimum Gasteiger partial charge on any atom is -0.258 e. The Balaban J connectivity index is 2.03. The van der Waals surface area contributed by atoms with Crippen LogP contribution < -0.4 is 0 Å². The Morgan fingerprint density at radius 2 is 1.52 bits per heavy atom. The van der Waals surface area contributed by atoms with Gasteiger partial charge in [0.2, 0.25) is 0 Å². The molecular weight excluding hydrogens is 388 g/mol. The van der Waals surface area contributed by atoms with E-state index in [2.05, 4.69) is 6.58 Å². The Labute approximate surface area is 167 Å². The van der Waals surface area contributed by atoms with Crippen LogP contribution in [0.1, 0.15) is 5.69 Å². The third-order valence-electron chi connectivity index (χ3n) is 4.71. The summed E-state index contributed by atoms with van der Waals surface area (Å²) in [6.07, 6.45) is 1.52. The Hall–Kier alpha value is -3.71. The first kappa shape index (κ1) is 18.6. The summed E-state index contributed by atoms with van der Waals surface area (Å²) >= 11 is 0. The van der Waals surface area contributed by atoms with Crippen LogP contribution in [0.4, 0.5) is 5.69 Å². The molecule has 1 heterocycles. The van der Waals surface area contributed by atoms with E-state index in [9.17, 15) is 18.5 Å². The number of non-ortho nitro benzene ring substituents is 1. The maximum absolute atomic E-state index is 13.5. The van der Waals surface area contributed by atoms with Crippen molar-refractivity contribution in [3.8, 4) is 11.1 Å². The summed E-state index contributed by atoms with van der Waals surface area (Å²) < 4.78 is 28.2. The van der Waals surface area contributed by atoms with Gasteiger partial charge < -0.3 is 0 Å². The van der Waals surface area contributed by atoms with Gasteiger partial charge in [0.15, 0.2) is 0 Å². The number of fused-ring (bicyclic) bond motifs is 1. The van der Waals surface area contributed by atoms with Gasteiger partial charge in [-0.15, -0.1) is 0 Å². The molecular formula is C22H16N2O4S. The molecule has 1 aromatic heterocycles. The van der Waals surface area contributed by atoms with Gasteiger partial charge in [0.25, 0.3) is 15.7 Å². The lowest BCUT2D eigenvalue weighted by atomic mass is 10.0. The van der Waals surface area contributed by atoms with E-state index in [0.29, 0.717) is 11.2 Å². The maximum atomic E-state index is 13.5. The summed E-state index contributed by atoms with van der Waals surface area (Å²) in [5.41, 5.74) is 2.42. The van der Waals surface area contributed by atoms with Crippen LogP contribution in [0, 0.1) is 10.1 Å². The number of para-hydroxylation sites is 1. The van der Waals surface area contributed by atoms with Crippen LogP contribution in [0.15, 0.2) is 90.3 Å². The number of nitrogens with zero attached hydrogens (tertiary/aromatic N) is 2. The Bertz CT molecular complexity index is 1340. The second-order valence-electron chi connectivity index (χ2n) is 6.37. The predicted octanol–water partition coefficient (Wildman–Crippen LogP) is 5.10. The molecule has 6 nitrogen and oxygen atoms in total. The average molecular weight is 404 g/mol. The van der Waals surface area contributed by atoms with Crippen molar-refractivity contribution in [1.29, 1.82) is 0 Å². The highest BCUT2D eigenvalue weighted by molar-refractivity contribution is 7.90. The normalized spacial score (nSPS) is 11.4. The molecule has 29 heavy (non-hydrogen) atoms. The van der Waals surface area contributed by atoms with Crippen LogP contribution in [0.2, 0.25) is 0 Å². The fourth-order valence-corrected chi connectivity index (χ4v) is 4.96. The highest BCUT2D eigenvalue weighted by Gasteiger charge is 2.26. The van der Waals surface area contributed by atoms with Crippen molar-refractivity contribution in [3.63, 3.8) is 0 Å². The third kappa shape index (κ3) is 3.01. The van der Waals surface area contributed by atoms with Crippen molar-refractivity contribution < 1.29 is 13.3 Å². The van der Waals surface area contributed by atoms with Gasteiger partial charge in [-0.25, -0.2) is 12.4 Å². The van der Waals surface area contributed by atoms with Gasteiger partial charge >= 0.3 is 0 Å². The summed E-state index contributed by atoms with van der Waals surface area (Å²) in [5, 5.41) is 11.7. The number of nitro benzene ring substituents is 1. The van der Waals surface area contributed by atoms with Crippen LogP contribution in [0.3, 0.4) is 0 Å². The molecule has 4 aromatic rings. The summed E-state index contributed by atoms with van der Waals surface area (Å²) in [6, 6.07) is 21.6. The summed E-state index contributed by atoms with van der Waals surface area (Å²) in [5.74, 6) is 0. The van der Waals surface area contributed by atoms with Crippen LogP contribution in [-0.2, 0) is 10.0 Å². The van der Waals surface area contributed by atoms with Crippen molar-refractivity contribution in [3.05, 3.63) is 101 Å². The number of nitro groups is 1. The van der Waals surface area contributed by atoms with Crippen LogP contribution in [0.25, 0.3) is 28.1 Å². The first-order valence-corrected chi connectivity index (χ1v) is 10.2. The minimum absolute atomic E-state index is 0.0356. The monoisotopic (exact) mass is 404 g/mol. The summed E-state index contributed by atoms with van der Waals surface area (Å²) in [6.45, 7) is 3.84.